The van der Waals surface area contributed by atoms with Crippen molar-refractivity contribution in [3.05, 3.63) is 59.0 Å². The van der Waals surface area contributed by atoms with E-state index < -0.39 is 0 Å². The van der Waals surface area contributed by atoms with E-state index in [2.05, 4.69) is 10.1 Å². The summed E-state index contributed by atoms with van der Waals surface area (Å²) in [4.78, 5) is 11.9. The number of thiophene rings is 1. The Balaban J connectivity index is 1.30. The molecule has 3 heterocycles. The van der Waals surface area contributed by atoms with E-state index in [1.807, 2.05) is 36.4 Å². The van der Waals surface area contributed by atoms with Gasteiger partial charge in [0.25, 0.3) is 0 Å². The van der Waals surface area contributed by atoms with Gasteiger partial charge in [-0.05, 0) is 59.9 Å². The van der Waals surface area contributed by atoms with Crippen molar-refractivity contribution >= 4 is 38.0 Å². The lowest BCUT2D eigenvalue weighted by molar-refractivity contribution is 0.296. The van der Waals surface area contributed by atoms with Crippen LogP contribution in [-0.4, -0.2) is 26.7 Å². The van der Waals surface area contributed by atoms with Crippen molar-refractivity contribution in [2.75, 3.05) is 7.11 Å². The van der Waals surface area contributed by atoms with E-state index in [4.69, 9.17) is 14.5 Å². The van der Waals surface area contributed by atoms with E-state index in [1.165, 1.54) is 22.2 Å². The lowest BCUT2D eigenvalue weighted by atomic mass is 10.1. The number of hydrogen-bond acceptors (Lipinski definition) is 6. The standard InChI is InChI=1S/C22H18N4O2S/c1-27-15-7-5-14-10-16(8-6-13(14)9-15)28-11-19-24-21-20-17-3-2-4-18(17)29-22(20)23-12-26(21)25-19/h5-10,12H,2-4,11H2,1H3. The summed E-state index contributed by atoms with van der Waals surface area (Å²) in [5, 5.41) is 7.96. The molecule has 0 radical (unpaired) electrons. The van der Waals surface area contributed by atoms with Crippen molar-refractivity contribution in [3.8, 4) is 11.5 Å². The van der Waals surface area contributed by atoms with Crippen molar-refractivity contribution < 1.29 is 9.47 Å². The fourth-order valence-corrected chi connectivity index (χ4v) is 5.29. The Hall–Kier alpha value is -3.19. The first-order valence-electron chi connectivity index (χ1n) is 9.63. The minimum atomic E-state index is 0.317. The number of rotatable bonds is 4. The van der Waals surface area contributed by atoms with Gasteiger partial charge in [-0.15, -0.1) is 16.4 Å². The third-order valence-corrected chi connectivity index (χ3v) is 6.67. The minimum Gasteiger partial charge on any atom is -0.497 e. The van der Waals surface area contributed by atoms with Gasteiger partial charge in [0.05, 0.1) is 12.5 Å². The van der Waals surface area contributed by atoms with E-state index >= 15 is 0 Å². The molecular weight excluding hydrogens is 384 g/mol. The van der Waals surface area contributed by atoms with Crippen LogP contribution in [0.1, 0.15) is 22.7 Å². The van der Waals surface area contributed by atoms with Crippen LogP contribution < -0.4 is 9.47 Å². The molecule has 0 saturated carbocycles. The third kappa shape index (κ3) is 2.73. The second-order valence-corrected chi connectivity index (χ2v) is 8.33. The highest BCUT2D eigenvalue weighted by Crippen LogP contribution is 2.37. The molecule has 6 nitrogen and oxygen atoms in total. The Morgan fingerprint density at radius 1 is 1.07 bits per heavy atom. The number of fused-ring (bicyclic) bond motifs is 6. The molecule has 1 aliphatic rings. The van der Waals surface area contributed by atoms with E-state index in [1.54, 1.807) is 29.3 Å². The molecule has 6 rings (SSSR count). The first-order valence-corrected chi connectivity index (χ1v) is 10.5. The van der Waals surface area contributed by atoms with Gasteiger partial charge in [-0.3, -0.25) is 0 Å². The average molecular weight is 402 g/mol. The summed E-state index contributed by atoms with van der Waals surface area (Å²) >= 11 is 1.79. The van der Waals surface area contributed by atoms with Crippen molar-refractivity contribution in [1.82, 2.24) is 19.6 Å². The summed E-state index contributed by atoms with van der Waals surface area (Å²) < 4.78 is 13.0. The summed E-state index contributed by atoms with van der Waals surface area (Å²) in [6, 6.07) is 12.0. The van der Waals surface area contributed by atoms with Crippen LogP contribution in [0, 0.1) is 0 Å². The fourth-order valence-electron chi connectivity index (χ4n) is 4.06. The van der Waals surface area contributed by atoms with Gasteiger partial charge in [-0.2, -0.15) is 0 Å². The van der Waals surface area contributed by atoms with Crippen LogP contribution in [0.3, 0.4) is 0 Å². The molecule has 3 aromatic heterocycles. The Kier molecular flexibility index (Phi) is 3.70. The average Bonchev–Trinajstić information content (AvgIpc) is 3.45. The molecule has 5 aromatic rings. The molecule has 0 atom stereocenters. The molecule has 0 N–H and O–H groups in total. The molecule has 0 bridgehead atoms. The molecule has 7 heteroatoms. The zero-order valence-corrected chi connectivity index (χ0v) is 16.7. The topological polar surface area (TPSA) is 61.5 Å². The lowest BCUT2D eigenvalue weighted by Gasteiger charge is -2.06. The molecule has 2 aromatic carbocycles. The van der Waals surface area contributed by atoms with E-state index in [-0.39, 0.29) is 0 Å². The second-order valence-electron chi connectivity index (χ2n) is 7.24. The SMILES string of the molecule is COc1ccc2cc(OCc3nc4c5c6c(sc5ncn4n3)CCC6)ccc2c1. The van der Waals surface area contributed by atoms with Gasteiger partial charge in [0, 0.05) is 4.88 Å². The molecular formula is C22H18N4O2S. The largest absolute Gasteiger partial charge is 0.497 e. The Morgan fingerprint density at radius 3 is 2.76 bits per heavy atom. The molecule has 29 heavy (non-hydrogen) atoms. The second kappa shape index (κ2) is 6.42. The summed E-state index contributed by atoms with van der Waals surface area (Å²) in [7, 11) is 1.67. The van der Waals surface area contributed by atoms with Gasteiger partial charge in [0.1, 0.15) is 29.3 Å². The number of hydrogen-bond donors (Lipinski definition) is 0. The predicted molar refractivity (Wildman–Crippen MR) is 113 cm³/mol. The zero-order chi connectivity index (χ0) is 19.4. The Bertz CT molecular complexity index is 1390. The lowest BCUT2D eigenvalue weighted by Crippen LogP contribution is -1.98. The maximum atomic E-state index is 5.99. The third-order valence-electron chi connectivity index (χ3n) is 5.47. The summed E-state index contributed by atoms with van der Waals surface area (Å²) in [5.74, 6) is 2.30. The van der Waals surface area contributed by atoms with E-state index in [0.717, 1.165) is 45.6 Å². The molecule has 0 unspecified atom stereocenters. The highest BCUT2D eigenvalue weighted by molar-refractivity contribution is 7.19. The maximum absolute atomic E-state index is 5.99. The number of aryl methyl sites for hydroxylation is 2. The van der Waals surface area contributed by atoms with Gasteiger partial charge in [-0.25, -0.2) is 14.5 Å². The normalized spacial score (nSPS) is 13.4. The number of nitrogens with zero attached hydrogens (tertiary/aromatic N) is 4. The monoisotopic (exact) mass is 402 g/mol. The van der Waals surface area contributed by atoms with Gasteiger partial charge in [-0.1, -0.05) is 12.1 Å². The molecule has 0 aliphatic heterocycles. The van der Waals surface area contributed by atoms with Crippen molar-refractivity contribution in [1.29, 1.82) is 0 Å². The van der Waals surface area contributed by atoms with Crippen LogP contribution >= 0.6 is 11.3 Å². The van der Waals surface area contributed by atoms with Crippen molar-refractivity contribution in [2.45, 2.75) is 25.9 Å². The van der Waals surface area contributed by atoms with Gasteiger partial charge < -0.3 is 9.47 Å². The molecule has 0 spiro atoms. The minimum absolute atomic E-state index is 0.317. The van der Waals surface area contributed by atoms with Crippen LogP contribution in [-0.2, 0) is 19.4 Å². The fraction of sp³-hybridized carbons (Fsp3) is 0.227. The van der Waals surface area contributed by atoms with Crippen LogP contribution in [0.15, 0.2) is 42.7 Å². The van der Waals surface area contributed by atoms with E-state index in [9.17, 15) is 0 Å². The summed E-state index contributed by atoms with van der Waals surface area (Å²) in [6.07, 6.45) is 5.23. The quantitative estimate of drug-likeness (QED) is 0.441. The number of benzene rings is 2. The number of aromatic nitrogens is 4. The summed E-state index contributed by atoms with van der Waals surface area (Å²) in [5.41, 5.74) is 2.30. The number of ether oxygens (including phenoxy) is 2. The first-order chi connectivity index (χ1) is 14.3. The molecule has 0 amide bonds. The van der Waals surface area contributed by atoms with Gasteiger partial charge >= 0.3 is 0 Å². The molecule has 0 fully saturated rings. The van der Waals surface area contributed by atoms with Crippen LogP contribution in [0.25, 0.3) is 26.6 Å². The highest BCUT2D eigenvalue weighted by Gasteiger charge is 2.21. The summed E-state index contributed by atoms with van der Waals surface area (Å²) in [6.45, 7) is 0.317. The maximum Gasteiger partial charge on any atom is 0.189 e. The zero-order valence-electron chi connectivity index (χ0n) is 15.9. The van der Waals surface area contributed by atoms with Crippen molar-refractivity contribution in [3.63, 3.8) is 0 Å². The van der Waals surface area contributed by atoms with Crippen LogP contribution in [0.5, 0.6) is 11.5 Å². The Labute approximate surface area is 170 Å². The van der Waals surface area contributed by atoms with Crippen LogP contribution in [0.2, 0.25) is 0 Å². The van der Waals surface area contributed by atoms with Gasteiger partial charge in [0.15, 0.2) is 11.5 Å². The molecule has 1 aliphatic carbocycles. The smallest absolute Gasteiger partial charge is 0.189 e. The first kappa shape index (κ1) is 16.7. The molecule has 144 valence electrons. The van der Waals surface area contributed by atoms with E-state index in [0.29, 0.717) is 12.4 Å². The van der Waals surface area contributed by atoms with Crippen molar-refractivity contribution in [2.24, 2.45) is 0 Å². The highest BCUT2D eigenvalue weighted by atomic mass is 32.1. The number of methoxy groups -OCH3 is 1. The van der Waals surface area contributed by atoms with Crippen LogP contribution in [0.4, 0.5) is 0 Å². The Morgan fingerprint density at radius 2 is 1.90 bits per heavy atom. The van der Waals surface area contributed by atoms with Gasteiger partial charge in [0.2, 0.25) is 0 Å². The molecule has 0 saturated heterocycles. The predicted octanol–water partition coefficient (Wildman–Crippen LogP) is 4.57.